The summed E-state index contributed by atoms with van der Waals surface area (Å²) in [4.78, 5) is 11.7. The van der Waals surface area contributed by atoms with Gasteiger partial charge >= 0.3 is 0 Å². The second-order valence-corrected chi connectivity index (χ2v) is 4.72. The molecule has 0 radical (unpaired) electrons. The zero-order valence-electron chi connectivity index (χ0n) is 9.88. The summed E-state index contributed by atoms with van der Waals surface area (Å²) in [6.45, 7) is 3.93. The number of anilines is 1. The van der Waals surface area contributed by atoms with E-state index < -0.39 is 6.04 Å². The predicted molar refractivity (Wildman–Crippen MR) is 73.7 cm³/mol. The third kappa shape index (κ3) is 3.58. The van der Waals surface area contributed by atoms with Crippen molar-refractivity contribution in [3.63, 3.8) is 0 Å². The summed E-state index contributed by atoms with van der Waals surface area (Å²) in [5, 5.41) is 2.76. The van der Waals surface area contributed by atoms with E-state index in [1.54, 1.807) is 0 Å². The van der Waals surface area contributed by atoms with Crippen LogP contribution in [-0.4, -0.2) is 11.9 Å². The summed E-state index contributed by atoms with van der Waals surface area (Å²) in [6, 6.07) is 3.11. The summed E-state index contributed by atoms with van der Waals surface area (Å²) in [5.41, 5.74) is 8.48. The number of carbonyl (C=O) groups excluding carboxylic acids is 1. The molecule has 1 aromatic rings. The van der Waals surface area contributed by atoms with Gasteiger partial charge < -0.3 is 11.1 Å². The second kappa shape index (κ2) is 5.85. The highest BCUT2D eigenvalue weighted by molar-refractivity contribution is 9.10. The Morgan fingerprint density at radius 2 is 2.06 bits per heavy atom. The van der Waals surface area contributed by atoms with Crippen LogP contribution >= 0.6 is 15.9 Å². The number of aryl methyl sites for hydroxylation is 2. The van der Waals surface area contributed by atoms with E-state index in [-0.39, 0.29) is 12.3 Å². The summed E-state index contributed by atoms with van der Waals surface area (Å²) in [5.74, 6) is 2.11. The fraction of sp³-hybridized carbons (Fsp3) is 0.308. The van der Waals surface area contributed by atoms with Crippen molar-refractivity contribution in [2.24, 2.45) is 5.73 Å². The minimum atomic E-state index is -0.663. The van der Waals surface area contributed by atoms with Crippen LogP contribution in [0.25, 0.3) is 0 Å². The van der Waals surface area contributed by atoms with E-state index in [2.05, 4.69) is 27.2 Å². The molecule has 0 saturated heterocycles. The van der Waals surface area contributed by atoms with Gasteiger partial charge in [0.05, 0.1) is 6.04 Å². The average Bonchev–Trinajstić information content (AvgIpc) is 2.26. The maximum absolute atomic E-state index is 11.7. The van der Waals surface area contributed by atoms with Crippen molar-refractivity contribution in [3.8, 4) is 12.3 Å². The predicted octanol–water partition coefficient (Wildman–Crippen LogP) is 2.36. The molecule has 0 spiro atoms. The van der Waals surface area contributed by atoms with Gasteiger partial charge in [0.1, 0.15) is 0 Å². The van der Waals surface area contributed by atoms with Crippen molar-refractivity contribution in [2.45, 2.75) is 26.3 Å². The Morgan fingerprint density at radius 3 is 2.53 bits per heavy atom. The molecular weight excluding hydrogens is 280 g/mol. The fourth-order valence-corrected chi connectivity index (χ4v) is 1.70. The van der Waals surface area contributed by atoms with E-state index in [9.17, 15) is 4.79 Å². The zero-order chi connectivity index (χ0) is 13.0. The molecule has 0 fully saturated rings. The first-order chi connectivity index (χ1) is 7.95. The minimum absolute atomic E-state index is 0.236. The van der Waals surface area contributed by atoms with Crippen molar-refractivity contribution >= 4 is 27.5 Å². The molecule has 4 heteroatoms. The Bertz CT molecular complexity index is 454. The van der Waals surface area contributed by atoms with Crippen molar-refractivity contribution < 1.29 is 4.79 Å². The molecule has 0 aliphatic heterocycles. The van der Waals surface area contributed by atoms with Crippen molar-refractivity contribution in [3.05, 3.63) is 27.7 Å². The van der Waals surface area contributed by atoms with Gasteiger partial charge in [0, 0.05) is 16.6 Å². The topological polar surface area (TPSA) is 55.1 Å². The molecule has 0 saturated carbocycles. The summed E-state index contributed by atoms with van der Waals surface area (Å²) in [7, 11) is 0. The lowest BCUT2D eigenvalue weighted by Crippen LogP contribution is -2.35. The SMILES string of the molecule is C#CCC(N)C(=O)Nc1cc(C)c(Br)c(C)c1. The van der Waals surface area contributed by atoms with E-state index in [1.165, 1.54) is 0 Å². The maximum Gasteiger partial charge on any atom is 0.242 e. The Balaban J connectivity index is 2.83. The third-order valence-electron chi connectivity index (χ3n) is 2.38. The summed E-state index contributed by atoms with van der Waals surface area (Å²) in [6.07, 6.45) is 5.35. The summed E-state index contributed by atoms with van der Waals surface area (Å²) < 4.78 is 1.04. The van der Waals surface area contributed by atoms with Gasteiger partial charge in [-0.05, 0) is 37.1 Å². The van der Waals surface area contributed by atoms with Gasteiger partial charge in [-0.15, -0.1) is 12.3 Å². The van der Waals surface area contributed by atoms with Gasteiger partial charge in [-0.2, -0.15) is 0 Å². The zero-order valence-corrected chi connectivity index (χ0v) is 11.5. The highest BCUT2D eigenvalue weighted by Gasteiger charge is 2.12. The lowest BCUT2D eigenvalue weighted by atomic mass is 10.1. The van der Waals surface area contributed by atoms with Crippen LogP contribution in [0.2, 0.25) is 0 Å². The van der Waals surface area contributed by atoms with Crippen LogP contribution in [0.5, 0.6) is 0 Å². The Labute approximate surface area is 110 Å². The Kier molecular flexibility index (Phi) is 4.73. The lowest BCUT2D eigenvalue weighted by molar-refractivity contribution is -0.117. The molecule has 17 heavy (non-hydrogen) atoms. The molecule has 1 rings (SSSR count). The monoisotopic (exact) mass is 294 g/mol. The van der Waals surface area contributed by atoms with E-state index >= 15 is 0 Å². The normalized spacial score (nSPS) is 11.7. The number of hydrogen-bond donors (Lipinski definition) is 2. The minimum Gasteiger partial charge on any atom is -0.325 e. The second-order valence-electron chi connectivity index (χ2n) is 3.93. The van der Waals surface area contributed by atoms with Crippen LogP contribution in [0.3, 0.4) is 0 Å². The van der Waals surface area contributed by atoms with Gasteiger partial charge in [0.2, 0.25) is 5.91 Å². The number of hydrogen-bond acceptors (Lipinski definition) is 2. The van der Waals surface area contributed by atoms with Crippen LogP contribution in [0.4, 0.5) is 5.69 Å². The number of amides is 1. The number of terminal acetylenes is 1. The quantitative estimate of drug-likeness (QED) is 0.841. The van der Waals surface area contributed by atoms with Crippen LogP contribution in [0.1, 0.15) is 17.5 Å². The molecule has 0 bridgehead atoms. The van der Waals surface area contributed by atoms with Crippen LogP contribution in [0.15, 0.2) is 16.6 Å². The maximum atomic E-state index is 11.7. The summed E-state index contributed by atoms with van der Waals surface area (Å²) >= 11 is 3.47. The lowest BCUT2D eigenvalue weighted by Gasteiger charge is -2.12. The molecule has 3 N–H and O–H groups in total. The number of nitrogens with one attached hydrogen (secondary N) is 1. The highest BCUT2D eigenvalue weighted by atomic mass is 79.9. The smallest absolute Gasteiger partial charge is 0.242 e. The van der Waals surface area contributed by atoms with Gasteiger partial charge in [0.25, 0.3) is 0 Å². The standard InChI is InChI=1S/C13H15BrN2O/c1-4-5-11(15)13(17)16-10-6-8(2)12(14)9(3)7-10/h1,6-7,11H,5,15H2,2-3H3,(H,16,17). The van der Waals surface area contributed by atoms with Crippen LogP contribution in [0, 0.1) is 26.2 Å². The van der Waals surface area contributed by atoms with E-state index in [0.717, 1.165) is 21.3 Å². The number of rotatable bonds is 3. The largest absolute Gasteiger partial charge is 0.325 e. The molecule has 1 amide bonds. The van der Waals surface area contributed by atoms with Crippen LogP contribution in [-0.2, 0) is 4.79 Å². The molecule has 90 valence electrons. The van der Waals surface area contributed by atoms with Crippen LogP contribution < -0.4 is 11.1 Å². The molecule has 1 aromatic carbocycles. The first kappa shape index (κ1) is 13.8. The molecular formula is C13H15BrN2O. The molecule has 1 unspecified atom stereocenters. The highest BCUT2D eigenvalue weighted by Crippen LogP contribution is 2.25. The number of benzene rings is 1. The van der Waals surface area contributed by atoms with E-state index in [1.807, 2.05) is 26.0 Å². The van der Waals surface area contributed by atoms with Crippen molar-refractivity contribution in [1.29, 1.82) is 0 Å². The van der Waals surface area contributed by atoms with Crippen molar-refractivity contribution in [1.82, 2.24) is 0 Å². The molecule has 0 heterocycles. The third-order valence-corrected chi connectivity index (χ3v) is 3.63. The van der Waals surface area contributed by atoms with E-state index in [4.69, 9.17) is 12.2 Å². The van der Waals surface area contributed by atoms with Gasteiger partial charge in [-0.3, -0.25) is 4.79 Å². The number of halogens is 1. The van der Waals surface area contributed by atoms with Crippen molar-refractivity contribution in [2.75, 3.05) is 5.32 Å². The molecule has 0 aromatic heterocycles. The molecule has 3 nitrogen and oxygen atoms in total. The van der Waals surface area contributed by atoms with E-state index in [0.29, 0.717) is 0 Å². The van der Waals surface area contributed by atoms with Gasteiger partial charge in [-0.25, -0.2) is 0 Å². The Hall–Kier alpha value is -1.31. The van der Waals surface area contributed by atoms with Gasteiger partial charge in [-0.1, -0.05) is 15.9 Å². The average molecular weight is 295 g/mol. The Morgan fingerprint density at radius 1 is 1.53 bits per heavy atom. The molecule has 1 atom stereocenters. The number of nitrogens with two attached hydrogens (primary N) is 1. The first-order valence-corrected chi connectivity index (χ1v) is 6.01. The van der Waals surface area contributed by atoms with Gasteiger partial charge in [0.15, 0.2) is 0 Å². The molecule has 0 aliphatic rings. The number of carbonyl (C=O) groups is 1. The molecule has 0 aliphatic carbocycles. The first-order valence-electron chi connectivity index (χ1n) is 5.22. The fourth-order valence-electron chi connectivity index (χ4n) is 1.47.